The van der Waals surface area contributed by atoms with Crippen LogP contribution in [0, 0.1) is 11.3 Å². The van der Waals surface area contributed by atoms with Crippen molar-refractivity contribution in [3.05, 3.63) is 54.8 Å². The number of nitrogens with one attached hydrogen (secondary N) is 1. The molecule has 1 atom stereocenters. The van der Waals surface area contributed by atoms with Crippen LogP contribution in [0.4, 0.5) is 13.2 Å². The Hall–Kier alpha value is -4.32. The number of carbonyl (C=O) groups excluding carboxylic acids is 1. The van der Waals surface area contributed by atoms with Gasteiger partial charge in [0.05, 0.1) is 24.5 Å². The van der Waals surface area contributed by atoms with Gasteiger partial charge in [-0.15, -0.1) is 0 Å². The first-order valence-corrected chi connectivity index (χ1v) is 12.8. The molecule has 4 aromatic rings. The molecule has 15 heteroatoms. The molecule has 5 rings (SSSR count). The summed E-state index contributed by atoms with van der Waals surface area (Å²) in [4.78, 5) is 35.1. The van der Waals surface area contributed by atoms with E-state index in [2.05, 4.69) is 48.8 Å². The Morgan fingerprint density at radius 3 is 2.70 bits per heavy atom. The molecule has 1 amide bonds. The van der Waals surface area contributed by atoms with Crippen molar-refractivity contribution < 1.29 is 18.0 Å². The van der Waals surface area contributed by atoms with Crippen molar-refractivity contribution in [3.8, 4) is 17.3 Å². The number of unbranched alkanes of at least 4 members (excludes halogenated alkanes) is 1. The molecule has 0 bridgehead atoms. The molecule has 1 saturated heterocycles. The molecule has 0 radical (unpaired) electrons. The molecule has 1 aliphatic rings. The standard InChI is InChI=1S/C25H26BF3N10O/c26-24(5-1-2-6-30,15-39-14-17(13-35-39)20-18-3-7-31-21(18)34-16-33-20)38-11-9-37(10-12-38)22(40)19-4-8-32-23(36-19)25(27,28)29/h3-4,7-8,13-14,16H,1-2,5,9-12,15,26H2,(H,31,33,34)/t24-/m0/s1. The lowest BCUT2D eigenvalue weighted by molar-refractivity contribution is -0.145. The van der Waals surface area contributed by atoms with Crippen LogP contribution in [-0.2, 0) is 12.7 Å². The molecule has 1 aliphatic heterocycles. The van der Waals surface area contributed by atoms with Gasteiger partial charge in [-0.3, -0.25) is 9.48 Å². The summed E-state index contributed by atoms with van der Waals surface area (Å²) in [6, 6.07) is 5.31. The summed E-state index contributed by atoms with van der Waals surface area (Å²) in [7, 11) is 2.11. The number of piperazine rings is 1. The number of nitrogens with zero attached hydrogens (tertiary/aromatic N) is 9. The van der Waals surface area contributed by atoms with Gasteiger partial charge < -0.3 is 14.8 Å². The maximum atomic E-state index is 13.0. The van der Waals surface area contributed by atoms with E-state index in [-0.39, 0.29) is 11.1 Å². The number of aromatic amines is 1. The first kappa shape index (κ1) is 27.3. The number of amides is 1. The molecule has 0 aliphatic carbocycles. The Kier molecular flexibility index (Phi) is 7.53. The number of nitriles is 1. The second-order valence-electron chi connectivity index (χ2n) is 9.94. The number of aromatic nitrogens is 7. The summed E-state index contributed by atoms with van der Waals surface area (Å²) in [5.41, 5.74) is 1.70. The zero-order valence-corrected chi connectivity index (χ0v) is 21.8. The van der Waals surface area contributed by atoms with Crippen LogP contribution >= 0.6 is 0 Å². The largest absolute Gasteiger partial charge is 0.451 e. The van der Waals surface area contributed by atoms with Crippen molar-refractivity contribution >= 4 is 24.8 Å². The van der Waals surface area contributed by atoms with Gasteiger partial charge in [-0.2, -0.15) is 23.5 Å². The normalized spacial score (nSPS) is 16.1. The van der Waals surface area contributed by atoms with E-state index in [9.17, 15) is 18.0 Å². The fraction of sp³-hybridized carbons (Fsp3) is 0.400. The minimum Gasteiger partial charge on any atom is -0.346 e. The maximum Gasteiger partial charge on any atom is 0.451 e. The quantitative estimate of drug-likeness (QED) is 0.261. The van der Waals surface area contributed by atoms with E-state index in [4.69, 9.17) is 5.26 Å². The fourth-order valence-corrected chi connectivity index (χ4v) is 5.13. The van der Waals surface area contributed by atoms with Gasteiger partial charge in [0.2, 0.25) is 5.82 Å². The lowest BCUT2D eigenvalue weighted by atomic mass is 9.71. The molecule has 1 N–H and O–H groups in total. The average molecular weight is 550 g/mol. The van der Waals surface area contributed by atoms with Gasteiger partial charge in [0, 0.05) is 67.6 Å². The molecule has 0 unspecified atom stereocenters. The fourth-order valence-electron chi connectivity index (χ4n) is 5.13. The van der Waals surface area contributed by atoms with Gasteiger partial charge in [0.25, 0.3) is 5.91 Å². The molecule has 0 saturated carbocycles. The van der Waals surface area contributed by atoms with Gasteiger partial charge in [-0.1, -0.05) is 0 Å². The number of hydrogen-bond donors (Lipinski definition) is 1. The summed E-state index contributed by atoms with van der Waals surface area (Å²) >= 11 is 0. The summed E-state index contributed by atoms with van der Waals surface area (Å²) in [5.74, 6) is -1.89. The Morgan fingerprint density at radius 1 is 1.15 bits per heavy atom. The van der Waals surface area contributed by atoms with Crippen molar-refractivity contribution in [1.29, 1.82) is 5.26 Å². The average Bonchev–Trinajstić information content (AvgIpc) is 3.62. The van der Waals surface area contributed by atoms with Gasteiger partial charge >= 0.3 is 6.18 Å². The van der Waals surface area contributed by atoms with Crippen LogP contribution in [0.5, 0.6) is 0 Å². The zero-order chi connectivity index (χ0) is 28.3. The third-order valence-corrected chi connectivity index (χ3v) is 7.23. The predicted molar refractivity (Wildman–Crippen MR) is 140 cm³/mol. The molecule has 5 heterocycles. The minimum absolute atomic E-state index is 0.280. The lowest BCUT2D eigenvalue weighted by Gasteiger charge is -2.46. The van der Waals surface area contributed by atoms with Crippen LogP contribution in [0.15, 0.2) is 43.2 Å². The molecule has 206 valence electrons. The third kappa shape index (κ3) is 5.67. The number of hydrogen-bond acceptors (Lipinski definition) is 8. The van der Waals surface area contributed by atoms with E-state index in [1.807, 2.05) is 23.1 Å². The smallest absolute Gasteiger partial charge is 0.346 e. The van der Waals surface area contributed by atoms with E-state index in [1.54, 1.807) is 6.20 Å². The highest BCUT2D eigenvalue weighted by Gasteiger charge is 2.37. The monoisotopic (exact) mass is 550 g/mol. The second kappa shape index (κ2) is 11.0. The number of rotatable bonds is 8. The number of carbonyl (C=O) groups is 1. The summed E-state index contributed by atoms with van der Waals surface area (Å²) < 4.78 is 40.9. The van der Waals surface area contributed by atoms with Crippen LogP contribution < -0.4 is 0 Å². The van der Waals surface area contributed by atoms with Crippen LogP contribution in [0.1, 0.15) is 35.6 Å². The maximum absolute atomic E-state index is 13.0. The first-order valence-electron chi connectivity index (χ1n) is 12.8. The number of fused-ring (bicyclic) bond motifs is 1. The molecule has 1 fully saturated rings. The van der Waals surface area contributed by atoms with Crippen molar-refractivity contribution in [2.24, 2.45) is 0 Å². The Morgan fingerprint density at radius 2 is 1.95 bits per heavy atom. The van der Waals surface area contributed by atoms with Gasteiger partial charge in [-0.05, 0) is 25.0 Å². The second-order valence-corrected chi connectivity index (χ2v) is 9.94. The van der Waals surface area contributed by atoms with Gasteiger partial charge in [0.1, 0.15) is 25.5 Å². The van der Waals surface area contributed by atoms with Crippen LogP contribution in [0.2, 0.25) is 0 Å². The molecule has 4 aromatic heterocycles. The van der Waals surface area contributed by atoms with Crippen LogP contribution in [0.3, 0.4) is 0 Å². The van der Waals surface area contributed by atoms with Crippen molar-refractivity contribution in [2.75, 3.05) is 26.2 Å². The number of H-pyrrole nitrogens is 1. The molecular weight excluding hydrogens is 524 g/mol. The van der Waals surface area contributed by atoms with Crippen LogP contribution in [0.25, 0.3) is 22.3 Å². The lowest BCUT2D eigenvalue weighted by Crippen LogP contribution is -2.60. The highest BCUT2D eigenvalue weighted by atomic mass is 19.4. The topological polar surface area (TPSA) is 133 Å². The molecule has 0 spiro atoms. The molecule has 0 aromatic carbocycles. The van der Waals surface area contributed by atoms with Crippen molar-refractivity contribution in [3.63, 3.8) is 0 Å². The molecular formula is C25H26BF3N10O. The van der Waals surface area contributed by atoms with Crippen LogP contribution in [-0.4, -0.2) is 89.9 Å². The van der Waals surface area contributed by atoms with Crippen molar-refractivity contribution in [2.45, 2.75) is 37.4 Å². The third-order valence-electron chi connectivity index (χ3n) is 7.23. The zero-order valence-electron chi connectivity index (χ0n) is 21.8. The Balaban J connectivity index is 1.30. The van der Waals surface area contributed by atoms with E-state index >= 15 is 0 Å². The first-order chi connectivity index (χ1) is 19.2. The highest BCUT2D eigenvalue weighted by Crippen LogP contribution is 2.28. The highest BCUT2D eigenvalue weighted by molar-refractivity contribution is 6.15. The summed E-state index contributed by atoms with van der Waals surface area (Å²) in [6.45, 7) is 2.21. The van der Waals surface area contributed by atoms with E-state index < -0.39 is 17.9 Å². The Bertz CT molecular complexity index is 1540. The van der Waals surface area contributed by atoms with E-state index in [1.165, 1.54) is 17.3 Å². The SMILES string of the molecule is B[C@](CCCC#N)(Cn1cc(-c2ncnc3[nH]ccc23)cn1)N1CCN(C(=O)c2ccnc(C(F)(F)F)n2)CC1. The van der Waals surface area contributed by atoms with Crippen molar-refractivity contribution in [1.82, 2.24) is 44.5 Å². The molecule has 40 heavy (non-hydrogen) atoms. The molecule has 11 nitrogen and oxygen atoms in total. The predicted octanol–water partition coefficient (Wildman–Crippen LogP) is 2.11. The summed E-state index contributed by atoms with van der Waals surface area (Å²) in [5, 5.41) is 14.6. The van der Waals surface area contributed by atoms with E-state index in [0.717, 1.165) is 34.9 Å². The number of alkyl halides is 3. The Labute approximate surface area is 228 Å². The van der Waals surface area contributed by atoms with Gasteiger partial charge in [-0.25, -0.2) is 19.9 Å². The van der Waals surface area contributed by atoms with Gasteiger partial charge in [0.15, 0.2) is 0 Å². The minimum atomic E-state index is -4.73. The summed E-state index contributed by atoms with van der Waals surface area (Å²) in [6.07, 6.45) is 5.06. The number of halogens is 3. The van der Waals surface area contributed by atoms with E-state index in [0.29, 0.717) is 45.6 Å².